The summed E-state index contributed by atoms with van der Waals surface area (Å²) in [6, 6.07) is 11.6. The second kappa shape index (κ2) is 6.39. The number of rotatable bonds is 5. The largest absolute Gasteiger partial charge is 0.495 e. The van der Waals surface area contributed by atoms with Gasteiger partial charge >= 0.3 is 0 Å². The van der Waals surface area contributed by atoms with Crippen LogP contribution in [0.3, 0.4) is 0 Å². The number of benzene rings is 1. The van der Waals surface area contributed by atoms with E-state index in [9.17, 15) is 5.11 Å². The lowest BCUT2D eigenvalue weighted by Gasteiger charge is -2.21. The minimum atomic E-state index is -0.499. The van der Waals surface area contributed by atoms with E-state index in [1.165, 1.54) is 0 Å². The summed E-state index contributed by atoms with van der Waals surface area (Å²) in [4.78, 5) is 6.33. The molecule has 1 aromatic carbocycles. The van der Waals surface area contributed by atoms with E-state index in [1.807, 2.05) is 55.3 Å². The van der Waals surface area contributed by atoms with E-state index in [4.69, 9.17) is 4.74 Å². The van der Waals surface area contributed by atoms with Gasteiger partial charge in [-0.25, -0.2) is 0 Å². The highest BCUT2D eigenvalue weighted by molar-refractivity contribution is 5.68. The Balaban J connectivity index is 2.27. The number of aromatic nitrogens is 1. The summed E-state index contributed by atoms with van der Waals surface area (Å²) in [6.07, 6.45) is 1.93. The van der Waals surface area contributed by atoms with Crippen molar-refractivity contribution >= 4 is 11.4 Å². The molecule has 0 spiro atoms. The number of pyridine rings is 1. The molecule has 2 rings (SSSR count). The number of methoxy groups -OCH3 is 1. The van der Waals surface area contributed by atoms with Crippen LogP contribution in [0.15, 0.2) is 42.6 Å². The molecule has 0 saturated heterocycles. The van der Waals surface area contributed by atoms with Crippen LogP contribution in [-0.2, 0) is 0 Å². The number of hydrogen-bond acceptors (Lipinski definition) is 4. The van der Waals surface area contributed by atoms with Crippen molar-refractivity contribution in [2.45, 2.75) is 19.4 Å². The van der Waals surface area contributed by atoms with Gasteiger partial charge in [-0.3, -0.25) is 4.98 Å². The first-order valence-corrected chi connectivity index (χ1v) is 6.68. The van der Waals surface area contributed by atoms with Gasteiger partial charge in [0, 0.05) is 7.05 Å². The molecular formula is C16H20N2O2. The first-order chi connectivity index (χ1) is 9.67. The minimum Gasteiger partial charge on any atom is -0.495 e. The third-order valence-electron chi connectivity index (χ3n) is 3.33. The first-order valence-electron chi connectivity index (χ1n) is 6.68. The quantitative estimate of drug-likeness (QED) is 0.907. The second-order valence-electron chi connectivity index (χ2n) is 4.60. The molecule has 1 unspecified atom stereocenters. The van der Waals surface area contributed by atoms with Crippen LogP contribution in [0.1, 0.15) is 25.1 Å². The Morgan fingerprint density at radius 2 is 2.00 bits per heavy atom. The maximum atomic E-state index is 9.76. The molecule has 20 heavy (non-hydrogen) atoms. The molecule has 0 aliphatic rings. The highest BCUT2D eigenvalue weighted by Crippen LogP contribution is 2.32. The molecule has 0 radical (unpaired) electrons. The molecule has 1 N–H and O–H groups in total. The molecule has 1 heterocycles. The summed E-state index contributed by atoms with van der Waals surface area (Å²) in [5, 5.41) is 9.76. The third-order valence-corrected chi connectivity index (χ3v) is 3.33. The van der Waals surface area contributed by atoms with E-state index in [2.05, 4.69) is 4.98 Å². The fourth-order valence-corrected chi connectivity index (χ4v) is 2.05. The van der Waals surface area contributed by atoms with E-state index in [0.29, 0.717) is 12.1 Å². The Morgan fingerprint density at radius 1 is 1.25 bits per heavy atom. The highest BCUT2D eigenvalue weighted by atomic mass is 16.5. The molecule has 4 nitrogen and oxygen atoms in total. The Labute approximate surface area is 119 Å². The number of nitrogens with zero attached hydrogens (tertiary/aromatic N) is 2. The predicted molar refractivity (Wildman–Crippen MR) is 80.5 cm³/mol. The van der Waals surface area contributed by atoms with Crippen LogP contribution in [0.4, 0.5) is 11.4 Å². The average molecular weight is 272 g/mol. The average Bonchev–Trinajstić information content (AvgIpc) is 2.53. The van der Waals surface area contributed by atoms with Crippen LogP contribution < -0.4 is 9.64 Å². The molecule has 1 atom stereocenters. The Hall–Kier alpha value is -2.07. The number of ether oxygens (including phenoxy) is 1. The Morgan fingerprint density at radius 3 is 2.60 bits per heavy atom. The molecule has 0 amide bonds. The van der Waals surface area contributed by atoms with Crippen molar-refractivity contribution < 1.29 is 9.84 Å². The van der Waals surface area contributed by atoms with Crippen LogP contribution in [0.2, 0.25) is 0 Å². The molecular weight excluding hydrogens is 252 g/mol. The predicted octanol–water partition coefficient (Wildman–Crippen LogP) is 3.30. The van der Waals surface area contributed by atoms with Crippen molar-refractivity contribution in [2.75, 3.05) is 19.1 Å². The van der Waals surface area contributed by atoms with Gasteiger partial charge in [0.25, 0.3) is 0 Å². The zero-order valence-electron chi connectivity index (χ0n) is 12.1. The van der Waals surface area contributed by atoms with Gasteiger partial charge in [0.15, 0.2) is 0 Å². The van der Waals surface area contributed by atoms with E-state index >= 15 is 0 Å². The summed E-state index contributed by atoms with van der Waals surface area (Å²) >= 11 is 0. The summed E-state index contributed by atoms with van der Waals surface area (Å²) in [5.41, 5.74) is 2.62. The number of para-hydroxylation sites is 2. The van der Waals surface area contributed by atoms with Crippen molar-refractivity contribution in [1.29, 1.82) is 0 Å². The SMILES string of the molecule is CCC(O)c1ccc(N(C)c2ccccc2OC)cn1. The maximum Gasteiger partial charge on any atom is 0.142 e. The van der Waals surface area contributed by atoms with Gasteiger partial charge in [0.2, 0.25) is 0 Å². The van der Waals surface area contributed by atoms with Crippen LogP contribution in [-0.4, -0.2) is 24.2 Å². The summed E-state index contributed by atoms with van der Waals surface area (Å²) in [5.74, 6) is 0.813. The smallest absolute Gasteiger partial charge is 0.142 e. The van der Waals surface area contributed by atoms with E-state index in [-0.39, 0.29) is 0 Å². The monoisotopic (exact) mass is 272 g/mol. The molecule has 0 fully saturated rings. The lowest BCUT2D eigenvalue weighted by atomic mass is 10.2. The van der Waals surface area contributed by atoms with Crippen LogP contribution in [0.5, 0.6) is 5.75 Å². The Kier molecular flexibility index (Phi) is 4.58. The fraction of sp³-hybridized carbons (Fsp3) is 0.312. The molecule has 106 valence electrons. The van der Waals surface area contributed by atoms with E-state index < -0.39 is 6.10 Å². The van der Waals surface area contributed by atoms with E-state index in [1.54, 1.807) is 13.3 Å². The summed E-state index contributed by atoms with van der Waals surface area (Å²) < 4.78 is 5.37. The zero-order chi connectivity index (χ0) is 14.5. The van der Waals surface area contributed by atoms with Crippen LogP contribution in [0, 0.1) is 0 Å². The number of hydrogen-bond donors (Lipinski definition) is 1. The van der Waals surface area contributed by atoms with Crippen molar-refractivity contribution in [3.63, 3.8) is 0 Å². The molecule has 2 aromatic rings. The van der Waals surface area contributed by atoms with Gasteiger partial charge in [-0.2, -0.15) is 0 Å². The van der Waals surface area contributed by atoms with Gasteiger partial charge in [0.05, 0.1) is 36.5 Å². The topological polar surface area (TPSA) is 45.6 Å². The van der Waals surface area contributed by atoms with Gasteiger partial charge in [-0.05, 0) is 30.7 Å². The van der Waals surface area contributed by atoms with Crippen molar-refractivity contribution in [2.24, 2.45) is 0 Å². The third kappa shape index (κ3) is 2.91. The maximum absolute atomic E-state index is 9.76. The number of anilines is 2. The number of aliphatic hydroxyl groups is 1. The van der Waals surface area contributed by atoms with Crippen molar-refractivity contribution in [3.05, 3.63) is 48.3 Å². The van der Waals surface area contributed by atoms with Gasteiger partial charge in [0.1, 0.15) is 5.75 Å². The molecule has 4 heteroatoms. The van der Waals surface area contributed by atoms with Crippen molar-refractivity contribution in [1.82, 2.24) is 4.98 Å². The molecule has 1 aromatic heterocycles. The normalized spacial score (nSPS) is 12.0. The first kappa shape index (κ1) is 14.3. The van der Waals surface area contributed by atoms with Gasteiger partial charge < -0.3 is 14.7 Å². The second-order valence-corrected chi connectivity index (χ2v) is 4.60. The molecule has 0 bridgehead atoms. The molecule has 0 saturated carbocycles. The summed E-state index contributed by atoms with van der Waals surface area (Å²) in [6.45, 7) is 1.93. The Bertz CT molecular complexity index is 555. The van der Waals surface area contributed by atoms with E-state index in [0.717, 1.165) is 17.1 Å². The number of aliphatic hydroxyl groups excluding tert-OH is 1. The molecule has 0 aliphatic carbocycles. The molecule has 0 aliphatic heterocycles. The lowest BCUT2D eigenvalue weighted by molar-refractivity contribution is 0.169. The standard InChI is InChI=1S/C16H20N2O2/c1-4-15(19)13-10-9-12(11-17-13)18(2)14-7-5-6-8-16(14)20-3/h5-11,15,19H,4H2,1-3H3. The lowest BCUT2D eigenvalue weighted by Crippen LogP contribution is -2.11. The summed E-state index contributed by atoms with van der Waals surface area (Å²) in [7, 11) is 3.62. The highest BCUT2D eigenvalue weighted by Gasteiger charge is 2.11. The minimum absolute atomic E-state index is 0.499. The van der Waals surface area contributed by atoms with Crippen molar-refractivity contribution in [3.8, 4) is 5.75 Å². The van der Waals surface area contributed by atoms with Gasteiger partial charge in [-0.15, -0.1) is 0 Å². The van der Waals surface area contributed by atoms with Crippen LogP contribution >= 0.6 is 0 Å². The van der Waals surface area contributed by atoms with Gasteiger partial charge in [-0.1, -0.05) is 19.1 Å². The van der Waals surface area contributed by atoms with Crippen LogP contribution in [0.25, 0.3) is 0 Å². The zero-order valence-corrected chi connectivity index (χ0v) is 12.1. The fourth-order valence-electron chi connectivity index (χ4n) is 2.05.